The molecule has 1 amide bonds. The number of carbonyl (C=O) groups is 2. The third kappa shape index (κ3) is 7.32. The van der Waals surface area contributed by atoms with Gasteiger partial charge in [0.25, 0.3) is 0 Å². The van der Waals surface area contributed by atoms with Crippen LogP contribution in [0.5, 0.6) is 11.5 Å². The van der Waals surface area contributed by atoms with Gasteiger partial charge in [0.15, 0.2) is 17.3 Å². The number of amides is 1. The fourth-order valence-electron chi connectivity index (χ4n) is 3.02. The summed E-state index contributed by atoms with van der Waals surface area (Å²) in [6, 6.07) is 5.57. The monoisotopic (exact) mass is 412 g/mol. The summed E-state index contributed by atoms with van der Waals surface area (Å²) >= 11 is 0. The highest BCUT2D eigenvalue weighted by Crippen LogP contribution is 2.29. The molecule has 1 aliphatic rings. The molecule has 1 fully saturated rings. The number of carbonyl (C=O) groups excluding carboxylic acids is 2. The van der Waals surface area contributed by atoms with Crippen LogP contribution < -0.4 is 14.8 Å². The Morgan fingerprint density at radius 2 is 1.79 bits per heavy atom. The molecule has 1 heterocycles. The second-order valence-electron chi connectivity index (χ2n) is 6.98. The zero-order chi connectivity index (χ0) is 19.6. The first-order chi connectivity index (χ1) is 13.0. The van der Waals surface area contributed by atoms with Crippen molar-refractivity contribution in [1.29, 1.82) is 0 Å². The lowest BCUT2D eigenvalue weighted by molar-refractivity contribution is -0.132. The Morgan fingerprint density at radius 3 is 2.43 bits per heavy atom. The van der Waals surface area contributed by atoms with E-state index < -0.39 is 0 Å². The predicted octanol–water partition coefficient (Wildman–Crippen LogP) is 3.47. The average Bonchev–Trinajstić information content (AvgIpc) is 2.68. The van der Waals surface area contributed by atoms with Crippen molar-refractivity contribution < 1.29 is 19.1 Å². The Kier molecular flexibility index (Phi) is 10.9. The van der Waals surface area contributed by atoms with Crippen LogP contribution in [0.3, 0.4) is 0 Å². The Morgan fingerprint density at radius 1 is 1.11 bits per heavy atom. The standard InChI is InChI=1S/C21H32N2O4.ClH/c1-4-12-26-19-8-6-17(14-20(19)27-13-5-2)18(24)7-9-21(25)23-11-10-22-16(3)15-23;/h6,8,14,16,22H,4-5,7,9-13,15H2,1-3H3;1H. The van der Waals surface area contributed by atoms with Crippen molar-refractivity contribution >= 4 is 24.1 Å². The SMILES string of the molecule is CCCOc1ccc(C(=O)CCC(=O)N2CCNC(C)C2)cc1OCCC.Cl. The smallest absolute Gasteiger partial charge is 0.223 e. The highest BCUT2D eigenvalue weighted by Gasteiger charge is 2.21. The highest BCUT2D eigenvalue weighted by molar-refractivity contribution is 5.98. The van der Waals surface area contributed by atoms with Crippen LogP contribution in [-0.2, 0) is 4.79 Å². The van der Waals surface area contributed by atoms with Gasteiger partial charge in [-0.1, -0.05) is 13.8 Å². The molecule has 0 radical (unpaired) electrons. The van der Waals surface area contributed by atoms with E-state index in [1.807, 2.05) is 18.7 Å². The molecule has 7 heteroatoms. The zero-order valence-electron chi connectivity index (χ0n) is 17.2. The fourth-order valence-corrected chi connectivity index (χ4v) is 3.02. The van der Waals surface area contributed by atoms with E-state index in [0.29, 0.717) is 49.4 Å². The van der Waals surface area contributed by atoms with E-state index in [1.54, 1.807) is 18.2 Å². The zero-order valence-corrected chi connectivity index (χ0v) is 18.0. The maximum atomic E-state index is 12.6. The minimum Gasteiger partial charge on any atom is -0.490 e. The largest absolute Gasteiger partial charge is 0.490 e. The molecule has 0 aromatic heterocycles. The number of hydrogen-bond acceptors (Lipinski definition) is 5. The molecule has 158 valence electrons. The molecule has 28 heavy (non-hydrogen) atoms. The molecular formula is C21H33ClN2O4. The Balaban J connectivity index is 0.00000392. The lowest BCUT2D eigenvalue weighted by Crippen LogP contribution is -2.51. The first kappa shape index (κ1) is 24.2. The summed E-state index contributed by atoms with van der Waals surface area (Å²) < 4.78 is 11.5. The van der Waals surface area contributed by atoms with Crippen LogP contribution in [-0.4, -0.2) is 55.5 Å². The first-order valence-corrected chi connectivity index (χ1v) is 9.99. The van der Waals surface area contributed by atoms with Crippen LogP contribution >= 0.6 is 12.4 Å². The van der Waals surface area contributed by atoms with E-state index >= 15 is 0 Å². The maximum absolute atomic E-state index is 12.6. The average molecular weight is 413 g/mol. The molecule has 0 saturated carbocycles. The van der Waals surface area contributed by atoms with Crippen molar-refractivity contribution in [3.05, 3.63) is 23.8 Å². The number of nitrogens with one attached hydrogen (secondary N) is 1. The molecular weight excluding hydrogens is 380 g/mol. The second kappa shape index (κ2) is 12.6. The van der Waals surface area contributed by atoms with Gasteiger partial charge in [0.05, 0.1) is 13.2 Å². The molecule has 0 spiro atoms. The minimum absolute atomic E-state index is 0. The normalized spacial score (nSPS) is 16.2. The first-order valence-electron chi connectivity index (χ1n) is 9.99. The Hall–Kier alpha value is -1.79. The van der Waals surface area contributed by atoms with Gasteiger partial charge in [-0.25, -0.2) is 0 Å². The van der Waals surface area contributed by atoms with E-state index in [2.05, 4.69) is 12.2 Å². The summed E-state index contributed by atoms with van der Waals surface area (Å²) in [5.41, 5.74) is 0.562. The van der Waals surface area contributed by atoms with Crippen LogP contribution in [0, 0.1) is 0 Å². The van der Waals surface area contributed by atoms with Gasteiger partial charge in [-0.3, -0.25) is 9.59 Å². The van der Waals surface area contributed by atoms with Gasteiger partial charge >= 0.3 is 0 Å². The van der Waals surface area contributed by atoms with E-state index in [4.69, 9.17) is 9.47 Å². The van der Waals surface area contributed by atoms with Crippen LogP contribution in [0.4, 0.5) is 0 Å². The molecule has 2 rings (SSSR count). The molecule has 1 aromatic rings. The van der Waals surface area contributed by atoms with Crippen LogP contribution in [0.25, 0.3) is 0 Å². The lowest BCUT2D eigenvalue weighted by atomic mass is 10.0. The molecule has 6 nitrogen and oxygen atoms in total. The summed E-state index contributed by atoms with van der Waals surface area (Å²) in [4.78, 5) is 26.8. The number of Topliss-reactive ketones (excluding diaryl/α,β-unsaturated/α-hetero) is 1. The molecule has 1 unspecified atom stereocenters. The van der Waals surface area contributed by atoms with Gasteiger partial charge < -0.3 is 19.7 Å². The number of piperazine rings is 1. The van der Waals surface area contributed by atoms with Crippen molar-refractivity contribution in [2.75, 3.05) is 32.8 Å². The topological polar surface area (TPSA) is 67.9 Å². The summed E-state index contributed by atoms with van der Waals surface area (Å²) in [6.07, 6.45) is 2.23. The van der Waals surface area contributed by atoms with Gasteiger partial charge in [0.2, 0.25) is 5.91 Å². The summed E-state index contributed by atoms with van der Waals surface area (Å²) in [6.45, 7) is 9.52. The van der Waals surface area contributed by atoms with Gasteiger partial charge in [-0.05, 0) is 38.0 Å². The molecule has 1 N–H and O–H groups in total. The third-order valence-corrected chi connectivity index (χ3v) is 4.48. The summed E-state index contributed by atoms with van der Waals surface area (Å²) in [5, 5.41) is 3.31. The predicted molar refractivity (Wildman–Crippen MR) is 113 cm³/mol. The molecule has 1 aromatic carbocycles. The van der Waals surface area contributed by atoms with Gasteiger partial charge in [-0.15, -0.1) is 12.4 Å². The van der Waals surface area contributed by atoms with E-state index in [0.717, 1.165) is 19.4 Å². The third-order valence-electron chi connectivity index (χ3n) is 4.48. The Labute approximate surface area is 174 Å². The lowest BCUT2D eigenvalue weighted by Gasteiger charge is -2.31. The summed E-state index contributed by atoms with van der Waals surface area (Å²) in [7, 11) is 0. The number of ether oxygens (including phenoxy) is 2. The number of hydrogen-bond donors (Lipinski definition) is 1. The van der Waals surface area contributed by atoms with Crippen molar-refractivity contribution in [1.82, 2.24) is 10.2 Å². The van der Waals surface area contributed by atoms with Crippen molar-refractivity contribution in [2.24, 2.45) is 0 Å². The van der Waals surface area contributed by atoms with Crippen LogP contribution in [0.1, 0.15) is 56.8 Å². The molecule has 0 bridgehead atoms. The second-order valence-corrected chi connectivity index (χ2v) is 6.98. The van der Waals surface area contributed by atoms with Gasteiger partial charge in [-0.2, -0.15) is 0 Å². The van der Waals surface area contributed by atoms with E-state index in [9.17, 15) is 9.59 Å². The van der Waals surface area contributed by atoms with Gasteiger partial charge in [0.1, 0.15) is 0 Å². The fraction of sp³-hybridized carbons (Fsp3) is 0.619. The molecule has 1 atom stereocenters. The molecule has 1 saturated heterocycles. The Bertz CT molecular complexity index is 639. The minimum atomic E-state index is -0.0464. The number of rotatable bonds is 10. The van der Waals surface area contributed by atoms with Crippen molar-refractivity contribution in [2.45, 2.75) is 52.5 Å². The highest BCUT2D eigenvalue weighted by atomic mass is 35.5. The van der Waals surface area contributed by atoms with Crippen molar-refractivity contribution in [3.8, 4) is 11.5 Å². The van der Waals surface area contributed by atoms with Crippen molar-refractivity contribution in [3.63, 3.8) is 0 Å². The van der Waals surface area contributed by atoms with E-state index in [-0.39, 0.29) is 36.9 Å². The number of halogens is 1. The summed E-state index contributed by atoms with van der Waals surface area (Å²) in [5.74, 6) is 1.25. The number of ketones is 1. The maximum Gasteiger partial charge on any atom is 0.223 e. The number of benzene rings is 1. The van der Waals surface area contributed by atoms with E-state index in [1.165, 1.54) is 0 Å². The van der Waals surface area contributed by atoms with Crippen LogP contribution in [0.2, 0.25) is 0 Å². The number of nitrogens with zero attached hydrogens (tertiary/aromatic N) is 1. The molecule has 1 aliphatic heterocycles. The van der Waals surface area contributed by atoms with Gasteiger partial charge in [0, 0.05) is 44.1 Å². The van der Waals surface area contributed by atoms with Crippen LogP contribution in [0.15, 0.2) is 18.2 Å². The quantitative estimate of drug-likeness (QED) is 0.596. The molecule has 0 aliphatic carbocycles.